The Morgan fingerprint density at radius 2 is 0.891 bits per heavy atom. The SMILES string of the molecule is [C-]#[N+]c1ccc(N(c2ccccc2)c2ccc3c(c2)C(C)(C)c2cc(/C=C/c4ccc(N(c5ccccc5)c5ccc([Si](C)(C)C)cc5)cc4)ccc2-3)cc1. The van der Waals surface area contributed by atoms with Gasteiger partial charge >= 0.3 is 0 Å². The lowest BCUT2D eigenvalue weighted by Crippen LogP contribution is -2.37. The molecule has 0 saturated heterocycles. The fourth-order valence-corrected chi connectivity index (χ4v) is 8.91. The van der Waals surface area contributed by atoms with Crippen LogP contribution in [-0.4, -0.2) is 8.07 Å². The molecule has 268 valence electrons. The third-order valence-corrected chi connectivity index (χ3v) is 12.9. The molecule has 0 aromatic heterocycles. The predicted octanol–water partition coefficient (Wildman–Crippen LogP) is 14.2. The van der Waals surface area contributed by atoms with E-state index in [2.05, 4.69) is 200 Å². The summed E-state index contributed by atoms with van der Waals surface area (Å²) in [7, 11) is -1.39. The number of fused-ring (bicyclic) bond motifs is 3. The molecule has 3 nitrogen and oxygen atoms in total. The van der Waals surface area contributed by atoms with E-state index in [-0.39, 0.29) is 5.41 Å². The van der Waals surface area contributed by atoms with Crippen molar-refractivity contribution in [3.8, 4) is 11.1 Å². The third kappa shape index (κ3) is 7.03. The summed E-state index contributed by atoms with van der Waals surface area (Å²) < 4.78 is 0. The topological polar surface area (TPSA) is 10.8 Å². The predicted molar refractivity (Wildman–Crippen MR) is 238 cm³/mol. The van der Waals surface area contributed by atoms with Gasteiger partial charge in [0.05, 0.1) is 14.6 Å². The first-order valence-corrected chi connectivity index (χ1v) is 22.5. The Kier molecular flexibility index (Phi) is 9.35. The highest BCUT2D eigenvalue weighted by Crippen LogP contribution is 2.51. The Bertz CT molecular complexity index is 2520. The van der Waals surface area contributed by atoms with E-state index in [9.17, 15) is 0 Å². The summed E-state index contributed by atoms with van der Waals surface area (Å²) in [4.78, 5) is 8.21. The smallest absolute Gasteiger partial charge is 0.187 e. The normalized spacial score (nSPS) is 12.9. The molecule has 55 heavy (non-hydrogen) atoms. The van der Waals surface area contributed by atoms with Gasteiger partial charge < -0.3 is 9.80 Å². The largest absolute Gasteiger partial charge is 0.311 e. The van der Waals surface area contributed by atoms with Crippen LogP contribution in [0, 0.1) is 6.57 Å². The average Bonchev–Trinajstić information content (AvgIpc) is 3.43. The van der Waals surface area contributed by atoms with Gasteiger partial charge in [-0.2, -0.15) is 0 Å². The van der Waals surface area contributed by atoms with Crippen LogP contribution in [0.1, 0.15) is 36.1 Å². The molecular weight excluding hydrogens is 683 g/mol. The van der Waals surface area contributed by atoms with E-state index in [1.807, 2.05) is 30.3 Å². The Balaban J connectivity index is 1.06. The van der Waals surface area contributed by atoms with Gasteiger partial charge in [0.2, 0.25) is 0 Å². The summed E-state index contributed by atoms with van der Waals surface area (Å²) in [6.45, 7) is 19.3. The molecule has 7 aromatic rings. The highest BCUT2D eigenvalue weighted by Gasteiger charge is 2.36. The van der Waals surface area contributed by atoms with Crippen molar-refractivity contribution < 1.29 is 0 Å². The van der Waals surface area contributed by atoms with Crippen LogP contribution in [0.3, 0.4) is 0 Å². The highest BCUT2D eigenvalue weighted by atomic mass is 28.3. The lowest BCUT2D eigenvalue weighted by Gasteiger charge is -2.28. The molecule has 0 fully saturated rings. The fraction of sp³-hybridized carbons (Fsp3) is 0.118. The molecule has 0 N–H and O–H groups in total. The van der Waals surface area contributed by atoms with Crippen molar-refractivity contribution in [2.75, 3.05) is 9.80 Å². The molecule has 0 aliphatic heterocycles. The van der Waals surface area contributed by atoms with Crippen LogP contribution in [0.25, 0.3) is 28.1 Å². The first kappa shape index (κ1) is 35.6. The van der Waals surface area contributed by atoms with Crippen molar-refractivity contribution in [2.24, 2.45) is 0 Å². The van der Waals surface area contributed by atoms with Crippen LogP contribution in [0.5, 0.6) is 0 Å². The molecule has 1 aliphatic carbocycles. The molecule has 0 spiro atoms. The Morgan fingerprint density at radius 3 is 1.44 bits per heavy atom. The molecule has 0 bridgehead atoms. The number of para-hydroxylation sites is 2. The van der Waals surface area contributed by atoms with Gasteiger partial charge in [-0.15, -0.1) is 0 Å². The van der Waals surface area contributed by atoms with Crippen molar-refractivity contribution in [1.29, 1.82) is 0 Å². The minimum atomic E-state index is -1.39. The Labute approximate surface area is 327 Å². The first-order valence-electron chi connectivity index (χ1n) is 19.0. The Hall–Kier alpha value is -6.41. The summed E-state index contributed by atoms with van der Waals surface area (Å²) >= 11 is 0. The molecule has 0 radical (unpaired) electrons. The van der Waals surface area contributed by atoms with Crippen LogP contribution >= 0.6 is 0 Å². The second-order valence-corrected chi connectivity index (χ2v) is 20.9. The molecule has 4 heteroatoms. The number of benzene rings is 7. The van der Waals surface area contributed by atoms with Gasteiger partial charge in [-0.3, -0.25) is 0 Å². The molecule has 1 aliphatic rings. The van der Waals surface area contributed by atoms with E-state index in [4.69, 9.17) is 6.57 Å². The number of nitrogens with zero attached hydrogens (tertiary/aromatic N) is 3. The molecular formula is C51H45N3Si. The zero-order chi connectivity index (χ0) is 38.2. The van der Waals surface area contributed by atoms with Crippen molar-refractivity contribution >= 4 is 65.2 Å². The standard InChI is InChI=1S/C51H45N3Si/c1-51(2)49-35-38(18-17-37-19-24-42(25-20-37)53(40-13-9-7-10-14-40)44-28-31-46(32-29-44)55(4,5)6)21-33-47(49)48-34-30-45(36-50(48)51)54(41-15-11-8-12-16-41)43-26-22-39(52-3)23-27-43/h7-36H,1-2,4-6H3/b18-17+. The summed E-state index contributed by atoms with van der Waals surface area (Å²) in [5, 5.41) is 1.46. The molecule has 0 saturated carbocycles. The van der Waals surface area contributed by atoms with E-state index in [0.717, 1.165) is 39.7 Å². The number of hydrogen-bond donors (Lipinski definition) is 0. The highest BCUT2D eigenvalue weighted by molar-refractivity contribution is 6.88. The van der Waals surface area contributed by atoms with Crippen molar-refractivity contribution in [3.63, 3.8) is 0 Å². The van der Waals surface area contributed by atoms with Gasteiger partial charge in [0.1, 0.15) is 0 Å². The quantitative estimate of drug-likeness (QED) is 0.0833. The van der Waals surface area contributed by atoms with E-state index in [0.29, 0.717) is 5.69 Å². The molecule has 0 heterocycles. The van der Waals surface area contributed by atoms with Gasteiger partial charge in [-0.25, -0.2) is 4.85 Å². The van der Waals surface area contributed by atoms with Crippen molar-refractivity contribution in [3.05, 3.63) is 204 Å². The monoisotopic (exact) mass is 727 g/mol. The first-order chi connectivity index (χ1) is 26.6. The Morgan fingerprint density at radius 1 is 0.473 bits per heavy atom. The lowest BCUT2D eigenvalue weighted by atomic mass is 9.81. The zero-order valence-corrected chi connectivity index (χ0v) is 33.2. The van der Waals surface area contributed by atoms with Crippen LogP contribution in [-0.2, 0) is 5.41 Å². The number of rotatable bonds is 9. The van der Waals surface area contributed by atoms with E-state index in [1.165, 1.54) is 33.0 Å². The van der Waals surface area contributed by atoms with Gasteiger partial charge in [-0.05, 0) is 106 Å². The van der Waals surface area contributed by atoms with E-state index >= 15 is 0 Å². The molecule has 0 amide bonds. The molecule has 0 atom stereocenters. The zero-order valence-electron chi connectivity index (χ0n) is 32.2. The second-order valence-electron chi connectivity index (χ2n) is 15.9. The summed E-state index contributed by atoms with van der Waals surface area (Å²) in [5.74, 6) is 0. The summed E-state index contributed by atoms with van der Waals surface area (Å²) in [6.07, 6.45) is 4.44. The maximum absolute atomic E-state index is 7.43. The van der Waals surface area contributed by atoms with E-state index in [1.54, 1.807) is 0 Å². The third-order valence-electron chi connectivity index (χ3n) is 10.8. The van der Waals surface area contributed by atoms with Gasteiger partial charge in [-0.1, -0.05) is 148 Å². The van der Waals surface area contributed by atoms with Crippen molar-refractivity contribution in [1.82, 2.24) is 0 Å². The maximum Gasteiger partial charge on any atom is 0.187 e. The van der Waals surface area contributed by atoms with Gasteiger partial charge in [0, 0.05) is 39.5 Å². The fourth-order valence-electron chi connectivity index (χ4n) is 7.75. The van der Waals surface area contributed by atoms with Crippen LogP contribution in [0.2, 0.25) is 19.6 Å². The number of hydrogen-bond acceptors (Lipinski definition) is 2. The molecule has 0 unspecified atom stereocenters. The molecule has 7 aromatic carbocycles. The summed E-state index contributed by atoms with van der Waals surface area (Å²) in [6, 6.07) is 60.6. The summed E-state index contributed by atoms with van der Waals surface area (Å²) in [5.41, 5.74) is 14.6. The second kappa shape index (κ2) is 14.4. The minimum Gasteiger partial charge on any atom is -0.311 e. The number of anilines is 6. The van der Waals surface area contributed by atoms with Crippen molar-refractivity contribution in [2.45, 2.75) is 38.9 Å². The average molecular weight is 728 g/mol. The van der Waals surface area contributed by atoms with Crippen LogP contribution in [0.4, 0.5) is 39.8 Å². The van der Waals surface area contributed by atoms with E-state index < -0.39 is 8.07 Å². The minimum absolute atomic E-state index is 0.184. The lowest BCUT2D eigenvalue weighted by molar-refractivity contribution is 0.660. The van der Waals surface area contributed by atoms with Gasteiger partial charge in [0.15, 0.2) is 5.69 Å². The van der Waals surface area contributed by atoms with Crippen LogP contribution in [0.15, 0.2) is 170 Å². The van der Waals surface area contributed by atoms with Crippen LogP contribution < -0.4 is 15.0 Å². The maximum atomic E-state index is 7.43. The van der Waals surface area contributed by atoms with Gasteiger partial charge in [0.25, 0.3) is 0 Å². The molecule has 8 rings (SSSR count).